The van der Waals surface area contributed by atoms with Crippen LogP contribution in [0.5, 0.6) is 0 Å². The number of hydrogen-bond acceptors (Lipinski definition) is 6. The summed E-state index contributed by atoms with van der Waals surface area (Å²) in [4.78, 5) is 30.6. The van der Waals surface area contributed by atoms with Gasteiger partial charge in [-0.3, -0.25) is 14.9 Å². The van der Waals surface area contributed by atoms with Crippen molar-refractivity contribution in [2.45, 2.75) is 12.5 Å². The number of nitrogens with one attached hydrogen (secondary N) is 2. The number of carbonyl (C=O) groups is 2. The van der Waals surface area contributed by atoms with E-state index < -0.39 is 0 Å². The first kappa shape index (κ1) is 19.8. The van der Waals surface area contributed by atoms with E-state index in [-0.39, 0.29) is 30.0 Å². The Morgan fingerprint density at radius 1 is 1.18 bits per heavy atom. The quantitative estimate of drug-likeness (QED) is 0.609. The Morgan fingerprint density at radius 3 is 2.64 bits per heavy atom. The van der Waals surface area contributed by atoms with Gasteiger partial charge in [0.25, 0.3) is 5.91 Å². The van der Waals surface area contributed by atoms with Crippen molar-refractivity contribution in [3.05, 3.63) is 71.1 Å². The van der Waals surface area contributed by atoms with Gasteiger partial charge < -0.3 is 14.6 Å². The third kappa shape index (κ3) is 5.28. The number of anilines is 1. The molecular weight excluding hydrogens is 376 g/mol. The molecule has 0 unspecified atom stereocenters. The molecule has 2 N–H and O–H groups in total. The molecule has 1 atom stereocenters. The monoisotopic (exact) mass is 398 g/mol. The summed E-state index contributed by atoms with van der Waals surface area (Å²) in [6.45, 7) is 0.502. The predicted molar refractivity (Wildman–Crippen MR) is 108 cm³/mol. The highest BCUT2D eigenvalue weighted by Crippen LogP contribution is 2.18. The van der Waals surface area contributed by atoms with Gasteiger partial charge in [0.2, 0.25) is 5.91 Å². The lowest BCUT2D eigenvalue weighted by molar-refractivity contribution is -0.120. The Hall–Kier alpha value is -2.97. The number of rotatable bonds is 8. The number of nitrogens with zero attached hydrogens (tertiary/aromatic N) is 2. The zero-order chi connectivity index (χ0) is 19.9. The maximum absolute atomic E-state index is 12.3. The van der Waals surface area contributed by atoms with Crippen LogP contribution in [0.4, 0.5) is 5.13 Å². The molecule has 3 rings (SSSR count). The summed E-state index contributed by atoms with van der Waals surface area (Å²) >= 11 is 1.27. The molecule has 0 spiro atoms. The van der Waals surface area contributed by atoms with E-state index in [4.69, 9.17) is 4.42 Å². The molecule has 0 aliphatic carbocycles. The Balaban J connectivity index is 1.52. The Bertz CT molecular complexity index is 907. The Labute approximate surface area is 167 Å². The minimum Gasteiger partial charge on any atom is -0.459 e. The summed E-state index contributed by atoms with van der Waals surface area (Å²) in [7, 11) is 3.97. The second-order valence-corrected chi connectivity index (χ2v) is 7.30. The first-order valence-electron chi connectivity index (χ1n) is 8.80. The summed E-state index contributed by atoms with van der Waals surface area (Å²) in [6, 6.07) is 13.3. The molecule has 0 radical (unpaired) electrons. The number of furan rings is 1. The molecule has 28 heavy (non-hydrogen) atoms. The van der Waals surface area contributed by atoms with E-state index in [9.17, 15) is 9.59 Å². The number of likely N-dealkylation sites (N-methyl/N-ethyl adjacent to an activating group) is 1. The fourth-order valence-electron chi connectivity index (χ4n) is 2.72. The van der Waals surface area contributed by atoms with Crippen LogP contribution in [0.25, 0.3) is 0 Å². The fraction of sp³-hybridized carbons (Fsp3) is 0.250. The highest BCUT2D eigenvalue weighted by molar-refractivity contribution is 7.14. The van der Waals surface area contributed by atoms with Gasteiger partial charge in [0.15, 0.2) is 10.9 Å². The van der Waals surface area contributed by atoms with Crippen molar-refractivity contribution < 1.29 is 14.0 Å². The highest BCUT2D eigenvalue weighted by Gasteiger charge is 2.16. The number of amides is 2. The minimum atomic E-state index is -0.368. The second-order valence-electron chi connectivity index (χ2n) is 6.45. The molecule has 1 aromatic carbocycles. The minimum absolute atomic E-state index is 0.0868. The highest BCUT2D eigenvalue weighted by atomic mass is 32.1. The molecule has 0 aliphatic rings. The summed E-state index contributed by atoms with van der Waals surface area (Å²) in [5, 5.41) is 7.82. The van der Waals surface area contributed by atoms with E-state index in [2.05, 4.69) is 20.5 Å². The first-order valence-corrected chi connectivity index (χ1v) is 9.68. The molecule has 7 nitrogen and oxygen atoms in total. The number of aromatic nitrogens is 1. The summed E-state index contributed by atoms with van der Waals surface area (Å²) in [5.74, 6) is -0.269. The molecule has 2 aromatic heterocycles. The van der Waals surface area contributed by atoms with Gasteiger partial charge in [-0.1, -0.05) is 30.3 Å². The summed E-state index contributed by atoms with van der Waals surface area (Å²) in [6.07, 6.45) is 1.59. The van der Waals surface area contributed by atoms with Crippen LogP contribution in [0.15, 0.2) is 58.5 Å². The molecule has 0 bridgehead atoms. The van der Waals surface area contributed by atoms with Crippen LogP contribution in [0.1, 0.15) is 27.9 Å². The van der Waals surface area contributed by atoms with Gasteiger partial charge in [-0.15, -0.1) is 11.3 Å². The first-order chi connectivity index (χ1) is 13.5. The summed E-state index contributed by atoms with van der Waals surface area (Å²) in [5.41, 5.74) is 1.75. The topological polar surface area (TPSA) is 87.5 Å². The third-order valence-electron chi connectivity index (χ3n) is 4.16. The van der Waals surface area contributed by atoms with Crippen molar-refractivity contribution in [1.82, 2.24) is 15.2 Å². The third-order valence-corrected chi connectivity index (χ3v) is 4.97. The van der Waals surface area contributed by atoms with Crippen molar-refractivity contribution in [2.75, 3.05) is 26.0 Å². The lowest BCUT2D eigenvalue weighted by atomic mass is 10.1. The van der Waals surface area contributed by atoms with Crippen molar-refractivity contribution in [1.29, 1.82) is 0 Å². The van der Waals surface area contributed by atoms with E-state index in [0.717, 1.165) is 5.56 Å². The van der Waals surface area contributed by atoms with Crippen LogP contribution in [0.3, 0.4) is 0 Å². The van der Waals surface area contributed by atoms with E-state index in [1.807, 2.05) is 44.4 Å². The van der Waals surface area contributed by atoms with Gasteiger partial charge in [0.05, 0.1) is 24.4 Å². The van der Waals surface area contributed by atoms with Crippen molar-refractivity contribution >= 4 is 28.3 Å². The van der Waals surface area contributed by atoms with Crippen molar-refractivity contribution in [2.24, 2.45) is 0 Å². The smallest absolute Gasteiger partial charge is 0.293 e. The average Bonchev–Trinajstić information content (AvgIpc) is 3.35. The second kappa shape index (κ2) is 9.29. The van der Waals surface area contributed by atoms with E-state index in [1.165, 1.54) is 17.6 Å². The SMILES string of the molecule is CN(C)[C@@H](CNC(=O)Cc1csc(NC(=O)c2ccco2)n1)c1ccccc1. The summed E-state index contributed by atoms with van der Waals surface area (Å²) < 4.78 is 5.05. The van der Waals surface area contributed by atoms with Crippen LogP contribution in [0.2, 0.25) is 0 Å². The van der Waals surface area contributed by atoms with Gasteiger partial charge in [0.1, 0.15) is 0 Å². The van der Waals surface area contributed by atoms with Crippen LogP contribution < -0.4 is 10.6 Å². The average molecular weight is 398 g/mol. The molecule has 146 valence electrons. The molecule has 0 aliphatic heterocycles. The van der Waals surface area contributed by atoms with Gasteiger partial charge in [-0.05, 0) is 31.8 Å². The van der Waals surface area contributed by atoms with E-state index in [0.29, 0.717) is 17.4 Å². The Morgan fingerprint density at radius 2 is 1.96 bits per heavy atom. The van der Waals surface area contributed by atoms with Crippen molar-refractivity contribution in [3.8, 4) is 0 Å². The van der Waals surface area contributed by atoms with E-state index in [1.54, 1.807) is 17.5 Å². The maximum atomic E-state index is 12.3. The molecule has 0 saturated heterocycles. The maximum Gasteiger partial charge on any atom is 0.293 e. The molecule has 2 amide bonds. The molecular formula is C20H22N4O3S. The fourth-order valence-corrected chi connectivity index (χ4v) is 3.43. The Kier molecular flexibility index (Phi) is 6.57. The number of thiazole rings is 1. The zero-order valence-electron chi connectivity index (χ0n) is 15.7. The van der Waals surface area contributed by atoms with Gasteiger partial charge in [0, 0.05) is 11.9 Å². The lowest BCUT2D eigenvalue weighted by Gasteiger charge is -2.25. The molecule has 3 aromatic rings. The van der Waals surface area contributed by atoms with Crippen LogP contribution >= 0.6 is 11.3 Å². The molecule has 0 fully saturated rings. The number of hydrogen-bond donors (Lipinski definition) is 2. The van der Waals surface area contributed by atoms with E-state index >= 15 is 0 Å². The molecule has 2 heterocycles. The molecule has 0 saturated carbocycles. The predicted octanol–water partition coefficient (Wildman–Crippen LogP) is 2.95. The van der Waals surface area contributed by atoms with Gasteiger partial charge in [-0.25, -0.2) is 4.98 Å². The van der Waals surface area contributed by atoms with Gasteiger partial charge >= 0.3 is 0 Å². The zero-order valence-corrected chi connectivity index (χ0v) is 16.5. The number of benzene rings is 1. The number of carbonyl (C=O) groups excluding carboxylic acids is 2. The molecule has 8 heteroatoms. The van der Waals surface area contributed by atoms with Crippen LogP contribution in [-0.2, 0) is 11.2 Å². The standard InChI is InChI=1S/C20H22N4O3S/c1-24(2)16(14-7-4-3-5-8-14)12-21-18(25)11-15-13-28-20(22-15)23-19(26)17-9-6-10-27-17/h3-10,13,16H,11-12H2,1-2H3,(H,21,25)(H,22,23,26)/t16-/m0/s1. The lowest BCUT2D eigenvalue weighted by Crippen LogP contribution is -2.35. The normalized spacial score (nSPS) is 12.0. The van der Waals surface area contributed by atoms with Crippen LogP contribution in [0, 0.1) is 0 Å². The van der Waals surface area contributed by atoms with Crippen molar-refractivity contribution in [3.63, 3.8) is 0 Å². The largest absolute Gasteiger partial charge is 0.459 e. The van der Waals surface area contributed by atoms with Gasteiger partial charge in [-0.2, -0.15) is 0 Å². The van der Waals surface area contributed by atoms with Crippen LogP contribution in [-0.4, -0.2) is 42.3 Å².